The highest BCUT2D eigenvalue weighted by Crippen LogP contribution is 2.27. The van der Waals surface area contributed by atoms with Crippen LogP contribution in [-0.2, 0) is 16.4 Å². The van der Waals surface area contributed by atoms with Gasteiger partial charge in [0, 0.05) is 25.5 Å². The predicted octanol–water partition coefficient (Wildman–Crippen LogP) is 3.17. The average Bonchev–Trinajstić information content (AvgIpc) is 2.58. The van der Waals surface area contributed by atoms with E-state index in [1.54, 1.807) is 25.3 Å². The van der Waals surface area contributed by atoms with E-state index >= 15 is 0 Å². The average molecular weight is 348 g/mol. The summed E-state index contributed by atoms with van der Waals surface area (Å²) < 4.78 is 41.0. The van der Waals surface area contributed by atoms with Gasteiger partial charge >= 0.3 is 0 Å². The summed E-state index contributed by atoms with van der Waals surface area (Å²) in [5, 5.41) is 0. The van der Waals surface area contributed by atoms with Gasteiger partial charge in [0.25, 0.3) is 0 Å². The number of sulfonamides is 1. The fourth-order valence-corrected chi connectivity index (χ4v) is 4.77. The molecule has 0 bridgehead atoms. The van der Waals surface area contributed by atoms with E-state index in [0.29, 0.717) is 24.6 Å². The number of hydrogen-bond acceptors (Lipinski definition) is 3. The van der Waals surface area contributed by atoms with Crippen LogP contribution in [0.15, 0.2) is 47.6 Å². The lowest BCUT2D eigenvalue weighted by molar-refractivity contribution is 0.272. The van der Waals surface area contributed by atoms with Gasteiger partial charge in [0.2, 0.25) is 10.0 Å². The molecule has 128 valence electrons. The van der Waals surface area contributed by atoms with Crippen molar-refractivity contribution in [2.45, 2.75) is 31.1 Å². The lowest BCUT2D eigenvalue weighted by Crippen LogP contribution is -2.39. The number of aryl methyl sites for hydroxylation is 1. The van der Waals surface area contributed by atoms with Crippen molar-refractivity contribution < 1.29 is 12.8 Å². The molecular weight excluding hydrogens is 327 g/mol. The summed E-state index contributed by atoms with van der Waals surface area (Å²) in [6.45, 7) is 2.44. The van der Waals surface area contributed by atoms with Crippen molar-refractivity contribution in [2.24, 2.45) is 5.92 Å². The molecule has 24 heavy (non-hydrogen) atoms. The molecule has 1 aromatic carbocycles. The second kappa shape index (κ2) is 6.99. The number of halogens is 1. The Bertz CT molecular complexity index is 801. The molecule has 1 saturated heterocycles. The van der Waals surface area contributed by atoms with E-state index in [9.17, 15) is 12.8 Å². The Balaban J connectivity index is 1.69. The molecule has 1 fully saturated rings. The highest BCUT2D eigenvalue weighted by atomic mass is 32.2. The molecule has 2 aromatic rings. The summed E-state index contributed by atoms with van der Waals surface area (Å²) in [5.41, 5.74) is 1.52. The molecule has 0 spiro atoms. The van der Waals surface area contributed by atoms with Gasteiger partial charge in [-0.1, -0.05) is 18.2 Å². The van der Waals surface area contributed by atoms with Gasteiger partial charge in [-0.3, -0.25) is 4.98 Å². The number of benzene rings is 1. The van der Waals surface area contributed by atoms with Crippen molar-refractivity contribution in [3.63, 3.8) is 0 Å². The number of pyridine rings is 1. The van der Waals surface area contributed by atoms with Crippen LogP contribution in [0.25, 0.3) is 0 Å². The first-order valence-corrected chi connectivity index (χ1v) is 9.56. The van der Waals surface area contributed by atoms with E-state index in [1.165, 1.54) is 15.9 Å². The molecular formula is C18H21FN2O2S. The van der Waals surface area contributed by atoms with Gasteiger partial charge in [-0.25, -0.2) is 12.8 Å². The summed E-state index contributed by atoms with van der Waals surface area (Å²) >= 11 is 0. The smallest absolute Gasteiger partial charge is 0.245 e. The Kier molecular flexibility index (Phi) is 4.96. The zero-order valence-electron chi connectivity index (χ0n) is 13.7. The third-order valence-corrected chi connectivity index (χ3v) is 6.51. The van der Waals surface area contributed by atoms with Crippen molar-refractivity contribution in [1.29, 1.82) is 0 Å². The van der Waals surface area contributed by atoms with Gasteiger partial charge in [-0.15, -0.1) is 0 Å². The van der Waals surface area contributed by atoms with Crippen LogP contribution in [0.2, 0.25) is 0 Å². The Morgan fingerprint density at radius 1 is 1.21 bits per heavy atom. The van der Waals surface area contributed by atoms with Gasteiger partial charge in [0.1, 0.15) is 10.7 Å². The first-order valence-electron chi connectivity index (χ1n) is 8.12. The second-order valence-electron chi connectivity index (χ2n) is 6.30. The molecule has 2 heterocycles. The summed E-state index contributed by atoms with van der Waals surface area (Å²) in [6.07, 6.45) is 6.06. The summed E-state index contributed by atoms with van der Waals surface area (Å²) in [4.78, 5) is 3.90. The first kappa shape index (κ1) is 17.0. The Morgan fingerprint density at radius 3 is 2.62 bits per heavy atom. The molecule has 0 unspecified atom stereocenters. The standard InChI is InChI=1S/C18H21FN2O2S/c1-14-4-2-6-17(18(14)19)24(22,23)21-10-7-15(8-11-21)12-16-5-3-9-20-13-16/h2-6,9,13,15H,7-8,10-12H2,1H3. The Morgan fingerprint density at radius 2 is 1.96 bits per heavy atom. The zero-order valence-corrected chi connectivity index (χ0v) is 14.5. The topological polar surface area (TPSA) is 50.3 Å². The Hall–Kier alpha value is -1.79. The second-order valence-corrected chi connectivity index (χ2v) is 8.21. The summed E-state index contributed by atoms with van der Waals surface area (Å²) in [5.74, 6) is -0.210. The van der Waals surface area contributed by atoms with Gasteiger partial charge in [-0.2, -0.15) is 4.31 Å². The van der Waals surface area contributed by atoms with Gasteiger partial charge in [0.15, 0.2) is 0 Å². The van der Waals surface area contributed by atoms with Crippen LogP contribution in [0.4, 0.5) is 4.39 Å². The van der Waals surface area contributed by atoms with E-state index in [-0.39, 0.29) is 4.90 Å². The van der Waals surface area contributed by atoms with Gasteiger partial charge < -0.3 is 0 Å². The van der Waals surface area contributed by atoms with Crippen molar-refractivity contribution in [3.8, 4) is 0 Å². The van der Waals surface area contributed by atoms with Crippen LogP contribution in [0.1, 0.15) is 24.0 Å². The van der Waals surface area contributed by atoms with Crippen LogP contribution in [0, 0.1) is 18.7 Å². The third kappa shape index (κ3) is 3.49. The minimum absolute atomic E-state index is 0.215. The van der Waals surface area contributed by atoms with Gasteiger partial charge in [0.05, 0.1) is 0 Å². The quantitative estimate of drug-likeness (QED) is 0.853. The van der Waals surface area contributed by atoms with Crippen molar-refractivity contribution in [2.75, 3.05) is 13.1 Å². The molecule has 0 atom stereocenters. The predicted molar refractivity (Wildman–Crippen MR) is 90.6 cm³/mol. The first-order chi connectivity index (χ1) is 11.5. The lowest BCUT2D eigenvalue weighted by atomic mass is 9.92. The molecule has 0 amide bonds. The van der Waals surface area contributed by atoms with E-state index < -0.39 is 15.8 Å². The highest BCUT2D eigenvalue weighted by Gasteiger charge is 2.31. The van der Waals surface area contributed by atoms with Crippen molar-refractivity contribution in [3.05, 3.63) is 59.7 Å². The molecule has 3 rings (SSSR count). The monoisotopic (exact) mass is 348 g/mol. The molecule has 1 aliphatic heterocycles. The van der Waals surface area contributed by atoms with E-state index in [2.05, 4.69) is 4.98 Å². The molecule has 0 aliphatic carbocycles. The summed E-state index contributed by atoms with van der Waals surface area (Å²) in [7, 11) is -3.77. The van der Waals surface area contributed by atoms with Crippen molar-refractivity contribution >= 4 is 10.0 Å². The van der Waals surface area contributed by atoms with Crippen molar-refractivity contribution in [1.82, 2.24) is 9.29 Å². The fourth-order valence-electron chi connectivity index (χ4n) is 3.16. The lowest BCUT2D eigenvalue weighted by Gasteiger charge is -2.31. The number of piperidine rings is 1. The van der Waals surface area contributed by atoms with Crippen LogP contribution in [0.3, 0.4) is 0 Å². The normalized spacial score (nSPS) is 17.1. The molecule has 0 N–H and O–H groups in total. The molecule has 4 nitrogen and oxygen atoms in total. The zero-order chi connectivity index (χ0) is 17.2. The number of rotatable bonds is 4. The number of nitrogens with zero attached hydrogens (tertiary/aromatic N) is 2. The fraction of sp³-hybridized carbons (Fsp3) is 0.389. The maximum absolute atomic E-state index is 14.2. The number of aromatic nitrogens is 1. The highest BCUT2D eigenvalue weighted by molar-refractivity contribution is 7.89. The van der Waals surface area contributed by atoms with Crippen LogP contribution < -0.4 is 0 Å². The van der Waals surface area contributed by atoms with E-state index in [4.69, 9.17) is 0 Å². The van der Waals surface area contributed by atoms with Gasteiger partial charge in [-0.05, 0) is 55.4 Å². The SMILES string of the molecule is Cc1cccc(S(=O)(=O)N2CCC(Cc3cccnc3)CC2)c1F. The Labute approximate surface area is 142 Å². The maximum Gasteiger partial charge on any atom is 0.245 e. The van der Waals surface area contributed by atoms with Crippen LogP contribution in [-0.4, -0.2) is 30.8 Å². The number of hydrogen-bond donors (Lipinski definition) is 0. The molecule has 0 saturated carbocycles. The molecule has 1 aromatic heterocycles. The largest absolute Gasteiger partial charge is 0.264 e. The van der Waals surface area contributed by atoms with E-state index in [0.717, 1.165) is 19.3 Å². The maximum atomic E-state index is 14.2. The van der Waals surface area contributed by atoms with Crippen LogP contribution >= 0.6 is 0 Å². The molecule has 6 heteroatoms. The van der Waals surface area contributed by atoms with E-state index in [1.807, 2.05) is 18.3 Å². The van der Waals surface area contributed by atoms with Crippen LogP contribution in [0.5, 0.6) is 0 Å². The summed E-state index contributed by atoms with van der Waals surface area (Å²) in [6, 6.07) is 8.46. The molecule has 0 radical (unpaired) electrons. The minimum Gasteiger partial charge on any atom is -0.264 e. The molecule has 1 aliphatic rings. The minimum atomic E-state index is -3.77. The third-order valence-electron chi connectivity index (χ3n) is 4.59.